The molecule has 0 radical (unpaired) electrons. The molecule has 0 amide bonds. The Morgan fingerprint density at radius 2 is 0.917 bits per heavy atom. The molecule has 0 saturated carbocycles. The largest absolute Gasteiger partial charge is 0.381 e. The van der Waals surface area contributed by atoms with E-state index in [1.54, 1.807) is 0 Å². The zero-order valence-electron chi connectivity index (χ0n) is 5.78. The summed E-state index contributed by atoms with van der Waals surface area (Å²) >= 11 is 0. The van der Waals surface area contributed by atoms with Gasteiger partial charge in [-0.25, -0.2) is 0 Å². The van der Waals surface area contributed by atoms with E-state index < -0.39 is 0 Å². The van der Waals surface area contributed by atoms with Crippen molar-refractivity contribution in [1.82, 2.24) is 0 Å². The summed E-state index contributed by atoms with van der Waals surface area (Å²) < 4.78 is 4.94. The molecule has 1 heterocycles. The molecule has 1 fully saturated rings. The summed E-state index contributed by atoms with van der Waals surface area (Å²) in [5.41, 5.74) is 0. The number of hydrogen-bond acceptors (Lipinski definition) is 1. The van der Waals surface area contributed by atoms with Gasteiger partial charge in [-0.1, -0.05) is 0 Å². The van der Waals surface area contributed by atoms with Crippen LogP contribution in [-0.2, 0) is 26.5 Å². The van der Waals surface area contributed by atoms with Gasteiger partial charge in [0.15, 0.2) is 0 Å². The van der Waals surface area contributed by atoms with Gasteiger partial charge in [-0.2, -0.15) is 0 Å². The first-order valence-electron chi connectivity index (χ1n) is 2.08. The smallest absolute Gasteiger partial charge is 0.316 e. The van der Waals surface area contributed by atoms with Crippen molar-refractivity contribution in [2.24, 2.45) is 0 Å². The Balaban J connectivity index is -0.00000000714. The Labute approximate surface area is 136 Å². The Hall–Kier alpha value is 2.89. The summed E-state index contributed by atoms with van der Waals surface area (Å²) in [6.45, 7) is 2.00. The average molecular weight is 329 g/mol. The van der Waals surface area contributed by atoms with E-state index in [4.69, 9.17) is 4.74 Å². The first kappa shape index (κ1) is 46.1. The number of ether oxygens (including phenoxy) is 1. The normalized spacial score (nSPS) is 10.0. The molecule has 0 spiro atoms. The van der Waals surface area contributed by atoms with Gasteiger partial charge in [0.2, 0.25) is 0 Å². The van der Waals surface area contributed by atoms with E-state index >= 15 is 0 Å². The Morgan fingerprint density at radius 3 is 1.00 bits per heavy atom. The van der Waals surface area contributed by atoms with Gasteiger partial charge in [-0.15, -0.1) is 62.0 Å². The van der Waals surface area contributed by atoms with Gasteiger partial charge in [-0.05, 0) is 12.8 Å². The van der Waals surface area contributed by atoms with Crippen molar-refractivity contribution in [3.63, 3.8) is 0 Å². The van der Waals surface area contributed by atoms with Crippen LogP contribution in [0.4, 0.5) is 0 Å². The van der Waals surface area contributed by atoms with Crippen molar-refractivity contribution < 1.29 is 26.5 Å². The maximum absolute atomic E-state index is 4.94. The molecule has 1 rings (SSSR count). The van der Waals surface area contributed by atoms with Crippen molar-refractivity contribution >= 4 is 85.1 Å². The molecule has 0 atom stereocenters. The second-order valence-corrected chi connectivity index (χ2v) is 1.32. The average Bonchev–Trinajstić information content (AvgIpc) is 1.76. The predicted octanol–water partition coefficient (Wildman–Crippen LogP) is 1.99. The molecular weight excluding hydrogens is 313 g/mol. The third-order valence-corrected chi connectivity index (χ3v) is 0.827. The monoisotopic (exact) mass is 326 g/mol. The zero-order valence-corrected chi connectivity index (χ0v) is 11.4. The van der Waals surface area contributed by atoms with Crippen LogP contribution in [0, 0.1) is 0 Å². The molecule has 1 aliphatic heterocycles. The van der Waals surface area contributed by atoms with Crippen LogP contribution < -0.4 is 0 Å². The molecule has 0 aliphatic carbocycles. The van der Waals surface area contributed by atoms with Crippen LogP contribution in [0.25, 0.3) is 0 Å². The summed E-state index contributed by atoms with van der Waals surface area (Å²) in [5.74, 6) is 0. The van der Waals surface area contributed by atoms with Crippen molar-refractivity contribution in [2.75, 3.05) is 13.2 Å². The standard InChI is InChI=1S/C4H8O.5ClH.Mg.Ti.2H/c1-2-4-5-3-1;;;;;;;;;/h1-4H2;5*1H;;;;. The molecule has 12 heavy (non-hydrogen) atoms. The van der Waals surface area contributed by atoms with Gasteiger partial charge in [-0.3, -0.25) is 0 Å². The first-order chi connectivity index (χ1) is 2.50. The Morgan fingerprint density at radius 1 is 0.667 bits per heavy atom. The van der Waals surface area contributed by atoms with Crippen molar-refractivity contribution in [3.05, 3.63) is 0 Å². The summed E-state index contributed by atoms with van der Waals surface area (Å²) in [4.78, 5) is 0. The fraction of sp³-hybridized carbons (Fsp3) is 1.00. The van der Waals surface area contributed by atoms with Gasteiger partial charge < -0.3 is 4.74 Å². The molecule has 0 aromatic heterocycles. The maximum atomic E-state index is 4.94. The van der Waals surface area contributed by atoms with Crippen LogP contribution in [0.3, 0.4) is 0 Å². The molecule has 0 aromatic rings. The predicted molar refractivity (Wildman–Crippen MR) is 64.8 cm³/mol. The fourth-order valence-electron chi connectivity index (χ4n) is 0.510. The molecule has 1 nitrogen and oxygen atoms in total. The Kier molecular flexibility index (Phi) is 143. The van der Waals surface area contributed by atoms with Crippen LogP contribution in [0.15, 0.2) is 0 Å². The molecule has 1 aliphatic rings. The zero-order chi connectivity index (χ0) is 3.54. The van der Waals surface area contributed by atoms with E-state index in [9.17, 15) is 0 Å². The van der Waals surface area contributed by atoms with Crippen molar-refractivity contribution in [1.29, 1.82) is 0 Å². The second kappa shape index (κ2) is 37.1. The van der Waals surface area contributed by atoms with Gasteiger partial charge >= 0.3 is 23.1 Å². The van der Waals surface area contributed by atoms with Gasteiger partial charge in [0.25, 0.3) is 0 Å². The van der Waals surface area contributed by atoms with E-state index in [1.165, 1.54) is 12.8 Å². The fourth-order valence-corrected chi connectivity index (χ4v) is 0.510. The molecule has 1 saturated heterocycles. The molecule has 8 heteroatoms. The minimum absolute atomic E-state index is 0. The van der Waals surface area contributed by atoms with Gasteiger partial charge in [0, 0.05) is 34.9 Å². The molecule has 0 unspecified atom stereocenters. The van der Waals surface area contributed by atoms with E-state index in [-0.39, 0.29) is 107 Å². The molecule has 0 aromatic carbocycles. The number of rotatable bonds is 0. The summed E-state index contributed by atoms with van der Waals surface area (Å²) in [7, 11) is 0. The third kappa shape index (κ3) is 29.3. The maximum Gasteiger partial charge on any atom is 0.316 e. The quantitative estimate of drug-likeness (QED) is 0.618. The van der Waals surface area contributed by atoms with Crippen LogP contribution in [0.5, 0.6) is 0 Å². The topological polar surface area (TPSA) is 9.23 Å². The Bertz CT molecular complexity index is 35.0. The van der Waals surface area contributed by atoms with E-state index in [2.05, 4.69) is 0 Å². The number of hydrogen-bond donors (Lipinski definition) is 0. The summed E-state index contributed by atoms with van der Waals surface area (Å²) in [6.07, 6.45) is 2.56. The second-order valence-electron chi connectivity index (χ2n) is 1.32. The van der Waals surface area contributed by atoms with Crippen molar-refractivity contribution in [2.45, 2.75) is 12.8 Å². The SMILES string of the molecule is C1CCOC1.Cl.Cl.Cl.Cl.Cl.[MgH2].[Ti]. The summed E-state index contributed by atoms with van der Waals surface area (Å²) in [5, 5.41) is 0. The van der Waals surface area contributed by atoms with E-state index in [0.717, 1.165) is 13.2 Å². The summed E-state index contributed by atoms with van der Waals surface area (Å²) in [6, 6.07) is 0. The number of halogens is 5. The minimum Gasteiger partial charge on any atom is -0.381 e. The van der Waals surface area contributed by atoms with Crippen LogP contribution >= 0.6 is 62.0 Å². The molecular formula is C4H15Cl5MgOTi. The van der Waals surface area contributed by atoms with Crippen molar-refractivity contribution in [3.8, 4) is 0 Å². The van der Waals surface area contributed by atoms with Gasteiger partial charge in [0.05, 0.1) is 0 Å². The van der Waals surface area contributed by atoms with Crippen LogP contribution in [-0.4, -0.2) is 36.3 Å². The minimum atomic E-state index is 0. The van der Waals surface area contributed by atoms with Crippen LogP contribution in [0.1, 0.15) is 12.8 Å². The van der Waals surface area contributed by atoms with E-state index in [1.807, 2.05) is 0 Å². The van der Waals surface area contributed by atoms with Gasteiger partial charge in [0.1, 0.15) is 0 Å². The van der Waals surface area contributed by atoms with E-state index in [0.29, 0.717) is 0 Å². The molecule has 78 valence electrons. The molecule has 0 bridgehead atoms. The first-order valence-corrected chi connectivity index (χ1v) is 2.08. The third-order valence-electron chi connectivity index (χ3n) is 0.827. The van der Waals surface area contributed by atoms with Crippen LogP contribution in [0.2, 0.25) is 0 Å². The molecule has 0 N–H and O–H groups in total.